The molecular formula is C13H16Br2O. The van der Waals surface area contributed by atoms with Crippen LogP contribution in [0.3, 0.4) is 0 Å². The molecule has 1 nitrogen and oxygen atoms in total. The molecule has 1 saturated carbocycles. The van der Waals surface area contributed by atoms with Crippen molar-refractivity contribution in [3.63, 3.8) is 0 Å². The van der Waals surface area contributed by atoms with Gasteiger partial charge in [0, 0.05) is 8.95 Å². The Bertz CT molecular complexity index is 426. The normalized spacial score (nSPS) is 24.2. The molecule has 0 saturated heterocycles. The molecule has 88 valence electrons. The molecule has 1 aromatic carbocycles. The summed E-state index contributed by atoms with van der Waals surface area (Å²) in [5, 5.41) is 10.3. The summed E-state index contributed by atoms with van der Waals surface area (Å²) in [7, 11) is 0. The van der Waals surface area contributed by atoms with Gasteiger partial charge in [0.25, 0.3) is 0 Å². The minimum absolute atomic E-state index is 0.288. The van der Waals surface area contributed by atoms with Gasteiger partial charge in [-0.15, -0.1) is 0 Å². The molecule has 0 aromatic heterocycles. The summed E-state index contributed by atoms with van der Waals surface area (Å²) in [4.78, 5) is 0. The molecular weight excluding hydrogens is 332 g/mol. The van der Waals surface area contributed by atoms with Crippen LogP contribution in [0.1, 0.15) is 37.5 Å². The Morgan fingerprint density at radius 3 is 2.38 bits per heavy atom. The number of aliphatic hydroxyl groups is 1. The maximum absolute atomic E-state index is 10.3. The topological polar surface area (TPSA) is 20.2 Å². The van der Waals surface area contributed by atoms with Crippen molar-refractivity contribution in [2.45, 2.75) is 33.3 Å². The predicted octanol–water partition coefficient (Wildman–Crippen LogP) is 4.60. The van der Waals surface area contributed by atoms with Gasteiger partial charge in [0.1, 0.15) is 0 Å². The fourth-order valence-corrected chi connectivity index (χ4v) is 3.21. The van der Waals surface area contributed by atoms with E-state index in [2.05, 4.69) is 51.8 Å². The van der Waals surface area contributed by atoms with Crippen LogP contribution >= 0.6 is 31.9 Å². The highest BCUT2D eigenvalue weighted by Gasteiger charge is 2.50. The van der Waals surface area contributed by atoms with Crippen molar-refractivity contribution in [3.05, 3.63) is 32.2 Å². The van der Waals surface area contributed by atoms with E-state index in [1.807, 2.05) is 13.0 Å². The third-order valence-electron chi connectivity index (χ3n) is 3.57. The number of rotatable bonds is 2. The number of aryl methyl sites for hydroxylation is 1. The summed E-state index contributed by atoms with van der Waals surface area (Å²) in [6.45, 7) is 6.46. The molecule has 1 aliphatic rings. The molecule has 1 fully saturated rings. The fraction of sp³-hybridized carbons (Fsp3) is 0.538. The zero-order valence-electron chi connectivity index (χ0n) is 9.72. The lowest BCUT2D eigenvalue weighted by Crippen LogP contribution is -2.05. The van der Waals surface area contributed by atoms with E-state index in [0.717, 1.165) is 20.9 Å². The van der Waals surface area contributed by atoms with Gasteiger partial charge in [0.15, 0.2) is 0 Å². The predicted molar refractivity (Wildman–Crippen MR) is 73.4 cm³/mol. The molecule has 0 amide bonds. The molecule has 0 bridgehead atoms. The summed E-state index contributed by atoms with van der Waals surface area (Å²) in [6.07, 6.45) is 0.743. The van der Waals surface area contributed by atoms with Crippen molar-refractivity contribution in [2.75, 3.05) is 0 Å². The van der Waals surface area contributed by atoms with Crippen LogP contribution < -0.4 is 0 Å². The fourth-order valence-electron chi connectivity index (χ4n) is 2.15. The van der Waals surface area contributed by atoms with Crippen LogP contribution in [0.5, 0.6) is 0 Å². The number of aliphatic hydroxyl groups excluding tert-OH is 1. The van der Waals surface area contributed by atoms with E-state index in [9.17, 15) is 5.11 Å². The molecule has 2 unspecified atom stereocenters. The van der Waals surface area contributed by atoms with Crippen molar-refractivity contribution < 1.29 is 5.11 Å². The Morgan fingerprint density at radius 2 is 1.88 bits per heavy atom. The Morgan fingerprint density at radius 1 is 1.31 bits per heavy atom. The molecule has 16 heavy (non-hydrogen) atoms. The first kappa shape index (κ1) is 12.6. The van der Waals surface area contributed by atoms with Crippen LogP contribution in [0.4, 0.5) is 0 Å². The van der Waals surface area contributed by atoms with Crippen molar-refractivity contribution in [2.24, 2.45) is 11.3 Å². The van der Waals surface area contributed by atoms with E-state index >= 15 is 0 Å². The Balaban J connectivity index is 2.31. The molecule has 0 heterocycles. The molecule has 0 spiro atoms. The summed E-state index contributed by atoms with van der Waals surface area (Å²) in [5.41, 5.74) is 2.46. The van der Waals surface area contributed by atoms with E-state index in [1.54, 1.807) is 0 Å². The highest BCUT2D eigenvalue weighted by Crippen LogP contribution is 2.58. The second-order valence-electron chi connectivity index (χ2n) is 5.37. The molecule has 2 rings (SSSR count). The van der Waals surface area contributed by atoms with E-state index in [4.69, 9.17) is 0 Å². The van der Waals surface area contributed by atoms with Gasteiger partial charge in [-0.05, 0) is 47.9 Å². The van der Waals surface area contributed by atoms with E-state index in [-0.39, 0.29) is 11.5 Å². The Labute approximate surface area is 114 Å². The molecule has 1 N–H and O–H groups in total. The first-order valence-corrected chi connectivity index (χ1v) is 7.05. The summed E-state index contributed by atoms with van der Waals surface area (Å²) in [6, 6.07) is 4.08. The van der Waals surface area contributed by atoms with Crippen molar-refractivity contribution in [1.29, 1.82) is 0 Å². The first-order chi connectivity index (χ1) is 7.33. The second-order valence-corrected chi connectivity index (χ2v) is 7.08. The zero-order valence-corrected chi connectivity index (χ0v) is 12.9. The lowest BCUT2D eigenvalue weighted by atomic mass is 9.99. The Kier molecular flexibility index (Phi) is 3.23. The minimum atomic E-state index is -0.360. The van der Waals surface area contributed by atoms with Crippen LogP contribution in [0.15, 0.2) is 21.1 Å². The van der Waals surface area contributed by atoms with Crippen molar-refractivity contribution >= 4 is 31.9 Å². The SMILES string of the molecule is Cc1cc(Br)c(C(O)C2CC2(C)C)cc1Br. The van der Waals surface area contributed by atoms with Crippen LogP contribution in [0.25, 0.3) is 0 Å². The summed E-state index contributed by atoms with van der Waals surface area (Å²) < 4.78 is 2.06. The number of benzene rings is 1. The van der Waals surface area contributed by atoms with Crippen molar-refractivity contribution in [3.8, 4) is 0 Å². The number of hydrogen-bond acceptors (Lipinski definition) is 1. The van der Waals surface area contributed by atoms with E-state index in [1.165, 1.54) is 5.56 Å². The van der Waals surface area contributed by atoms with Crippen molar-refractivity contribution in [1.82, 2.24) is 0 Å². The average Bonchev–Trinajstić information content (AvgIpc) is 2.80. The van der Waals surface area contributed by atoms with Gasteiger partial charge in [-0.25, -0.2) is 0 Å². The average molecular weight is 348 g/mol. The monoisotopic (exact) mass is 346 g/mol. The molecule has 0 radical (unpaired) electrons. The smallest absolute Gasteiger partial charge is 0.0834 e. The molecule has 0 aliphatic heterocycles. The Hall–Kier alpha value is 0.140. The quantitative estimate of drug-likeness (QED) is 0.828. The van der Waals surface area contributed by atoms with Gasteiger partial charge < -0.3 is 5.11 Å². The highest BCUT2D eigenvalue weighted by molar-refractivity contribution is 9.11. The summed E-state index contributed by atoms with van der Waals surface area (Å²) >= 11 is 7.05. The standard InChI is InChI=1S/C13H16Br2O/c1-7-4-11(15)8(5-10(7)14)12(16)9-6-13(9,2)3/h4-5,9,12,16H,6H2,1-3H3. The van der Waals surface area contributed by atoms with Gasteiger partial charge in [0.2, 0.25) is 0 Å². The number of halogens is 2. The zero-order chi connectivity index (χ0) is 12.1. The highest BCUT2D eigenvalue weighted by atomic mass is 79.9. The van der Waals surface area contributed by atoms with Gasteiger partial charge in [0.05, 0.1) is 6.10 Å². The second kappa shape index (κ2) is 4.11. The van der Waals surface area contributed by atoms with E-state index in [0.29, 0.717) is 5.92 Å². The van der Waals surface area contributed by atoms with Crippen LogP contribution in [0.2, 0.25) is 0 Å². The third kappa shape index (κ3) is 2.22. The lowest BCUT2D eigenvalue weighted by Gasteiger charge is -2.16. The third-order valence-corrected chi connectivity index (χ3v) is 5.11. The van der Waals surface area contributed by atoms with Crippen LogP contribution in [-0.4, -0.2) is 5.11 Å². The van der Waals surface area contributed by atoms with Gasteiger partial charge in [-0.3, -0.25) is 0 Å². The van der Waals surface area contributed by atoms with Gasteiger partial charge in [-0.2, -0.15) is 0 Å². The molecule has 1 aromatic rings. The number of hydrogen-bond donors (Lipinski definition) is 1. The molecule has 1 aliphatic carbocycles. The molecule has 3 heteroatoms. The maximum atomic E-state index is 10.3. The first-order valence-electron chi connectivity index (χ1n) is 5.46. The van der Waals surface area contributed by atoms with Crippen LogP contribution in [0, 0.1) is 18.3 Å². The summed E-state index contributed by atoms with van der Waals surface area (Å²) in [5.74, 6) is 0.387. The largest absolute Gasteiger partial charge is 0.388 e. The van der Waals surface area contributed by atoms with Gasteiger partial charge >= 0.3 is 0 Å². The van der Waals surface area contributed by atoms with E-state index < -0.39 is 0 Å². The molecule has 2 atom stereocenters. The van der Waals surface area contributed by atoms with Crippen LogP contribution in [-0.2, 0) is 0 Å². The maximum Gasteiger partial charge on any atom is 0.0834 e. The minimum Gasteiger partial charge on any atom is -0.388 e. The lowest BCUT2D eigenvalue weighted by molar-refractivity contribution is 0.137. The van der Waals surface area contributed by atoms with Gasteiger partial charge in [-0.1, -0.05) is 45.7 Å².